The van der Waals surface area contributed by atoms with Crippen LogP contribution in [0, 0.1) is 0 Å². The third-order valence-electron chi connectivity index (χ3n) is 4.48. The van der Waals surface area contributed by atoms with Crippen LogP contribution in [-0.2, 0) is 14.8 Å². The van der Waals surface area contributed by atoms with Crippen molar-refractivity contribution in [1.29, 1.82) is 0 Å². The van der Waals surface area contributed by atoms with Crippen LogP contribution in [0.15, 0.2) is 83.9 Å². The fraction of sp³-hybridized carbons (Fsp3) is 0. The zero-order valence-electron chi connectivity index (χ0n) is 14.7. The van der Waals surface area contributed by atoms with Gasteiger partial charge in [-0.2, -0.15) is 0 Å². The van der Waals surface area contributed by atoms with Gasteiger partial charge in [0.15, 0.2) is 0 Å². The summed E-state index contributed by atoms with van der Waals surface area (Å²) in [6.07, 6.45) is 1.61. The molecule has 7 heteroatoms. The molecule has 1 amide bonds. The molecule has 1 aliphatic rings. The lowest BCUT2D eigenvalue weighted by molar-refractivity contribution is -0.110. The maximum absolute atomic E-state index is 12.4. The van der Waals surface area contributed by atoms with Crippen molar-refractivity contribution < 1.29 is 13.2 Å². The fourth-order valence-electron chi connectivity index (χ4n) is 3.04. The van der Waals surface area contributed by atoms with E-state index in [-0.39, 0.29) is 10.8 Å². The van der Waals surface area contributed by atoms with Crippen LogP contribution < -0.4 is 15.8 Å². The van der Waals surface area contributed by atoms with Gasteiger partial charge in [0.2, 0.25) is 10.0 Å². The highest BCUT2D eigenvalue weighted by molar-refractivity contribution is 7.89. The van der Waals surface area contributed by atoms with Gasteiger partial charge in [-0.1, -0.05) is 36.4 Å². The van der Waals surface area contributed by atoms with Gasteiger partial charge in [-0.05, 0) is 47.5 Å². The van der Waals surface area contributed by atoms with Gasteiger partial charge >= 0.3 is 0 Å². The van der Waals surface area contributed by atoms with E-state index >= 15 is 0 Å². The number of sulfonamides is 1. The molecule has 4 rings (SSSR count). The number of fused-ring (bicyclic) bond motifs is 1. The number of nitrogens with one attached hydrogen (secondary N) is 2. The van der Waals surface area contributed by atoms with Gasteiger partial charge in [0.05, 0.1) is 10.5 Å². The maximum atomic E-state index is 12.4. The Labute approximate surface area is 162 Å². The number of rotatable bonds is 4. The molecular formula is C21H17N3O3S. The van der Waals surface area contributed by atoms with Crippen molar-refractivity contribution >= 4 is 32.9 Å². The summed E-state index contributed by atoms with van der Waals surface area (Å²) in [7, 11) is -3.74. The molecule has 6 nitrogen and oxygen atoms in total. The van der Waals surface area contributed by atoms with Gasteiger partial charge in [0.1, 0.15) is 0 Å². The fourth-order valence-corrected chi connectivity index (χ4v) is 3.55. The number of amides is 1. The molecule has 0 aliphatic carbocycles. The predicted molar refractivity (Wildman–Crippen MR) is 110 cm³/mol. The quantitative estimate of drug-likeness (QED) is 0.593. The summed E-state index contributed by atoms with van der Waals surface area (Å²) in [5, 5.41) is 11.0. The Hall–Kier alpha value is -3.42. The van der Waals surface area contributed by atoms with Gasteiger partial charge < -0.3 is 10.6 Å². The molecule has 3 aromatic rings. The molecule has 140 valence electrons. The van der Waals surface area contributed by atoms with Crippen LogP contribution >= 0.6 is 0 Å². The van der Waals surface area contributed by atoms with E-state index in [9.17, 15) is 13.2 Å². The number of hydrogen-bond donors (Lipinski definition) is 3. The Morgan fingerprint density at radius 2 is 1.61 bits per heavy atom. The SMILES string of the molecule is NS(=O)(=O)c1ccc(NC=C2C(=O)Nc3ccc(-c4ccccc4)cc32)cc1. The average Bonchev–Trinajstić information content (AvgIpc) is 3.01. The summed E-state index contributed by atoms with van der Waals surface area (Å²) in [4.78, 5) is 12.4. The lowest BCUT2D eigenvalue weighted by atomic mass is 10.00. The van der Waals surface area contributed by atoms with Crippen molar-refractivity contribution in [1.82, 2.24) is 0 Å². The molecule has 1 heterocycles. The predicted octanol–water partition coefficient (Wildman–Crippen LogP) is 3.41. The number of carbonyl (C=O) groups excluding carboxylic acids is 1. The van der Waals surface area contributed by atoms with Crippen molar-refractivity contribution in [3.05, 3.63) is 84.6 Å². The van der Waals surface area contributed by atoms with Crippen LogP contribution in [0.1, 0.15) is 5.56 Å². The van der Waals surface area contributed by atoms with Gasteiger partial charge in [-0.3, -0.25) is 4.79 Å². The van der Waals surface area contributed by atoms with Crippen molar-refractivity contribution in [3.63, 3.8) is 0 Å². The number of hydrogen-bond acceptors (Lipinski definition) is 4. The van der Waals surface area contributed by atoms with E-state index in [2.05, 4.69) is 10.6 Å². The minimum Gasteiger partial charge on any atom is -0.361 e. The molecule has 0 spiro atoms. The summed E-state index contributed by atoms with van der Waals surface area (Å²) >= 11 is 0. The molecule has 0 saturated heterocycles. The Morgan fingerprint density at radius 1 is 0.893 bits per heavy atom. The van der Waals surface area contributed by atoms with Crippen molar-refractivity contribution in [2.45, 2.75) is 4.90 Å². The Kier molecular flexibility index (Phi) is 4.46. The van der Waals surface area contributed by atoms with Gasteiger partial charge in [0.25, 0.3) is 5.91 Å². The highest BCUT2D eigenvalue weighted by Crippen LogP contribution is 2.35. The van der Waals surface area contributed by atoms with E-state index in [1.165, 1.54) is 12.1 Å². The van der Waals surface area contributed by atoms with Gasteiger partial charge in [0, 0.05) is 23.1 Å². The van der Waals surface area contributed by atoms with Crippen LogP contribution in [0.3, 0.4) is 0 Å². The molecule has 1 aliphatic heterocycles. The Balaban J connectivity index is 1.63. The molecule has 0 bridgehead atoms. The first kappa shape index (κ1) is 18.0. The molecule has 3 aromatic carbocycles. The van der Waals surface area contributed by atoms with Crippen LogP contribution in [0.2, 0.25) is 0 Å². The van der Waals surface area contributed by atoms with Crippen molar-refractivity contribution in [2.24, 2.45) is 5.14 Å². The standard InChI is InChI=1S/C21H17N3O3S/c22-28(26,27)17-9-7-16(8-10-17)23-13-19-18-12-15(14-4-2-1-3-5-14)6-11-20(18)24-21(19)25/h1-13,23H,(H,24,25)(H2,22,26,27). The summed E-state index contributed by atoms with van der Waals surface area (Å²) in [5.74, 6) is -0.200. The van der Waals surface area contributed by atoms with Crippen molar-refractivity contribution in [3.8, 4) is 11.1 Å². The van der Waals surface area contributed by atoms with Gasteiger partial charge in [-0.15, -0.1) is 0 Å². The second-order valence-corrected chi connectivity index (χ2v) is 7.91. The molecule has 4 N–H and O–H groups in total. The topological polar surface area (TPSA) is 101 Å². The van der Waals surface area contributed by atoms with E-state index in [1.54, 1.807) is 18.3 Å². The largest absolute Gasteiger partial charge is 0.361 e. The molecular weight excluding hydrogens is 374 g/mol. The number of benzene rings is 3. The lowest BCUT2D eigenvalue weighted by Gasteiger charge is -2.06. The summed E-state index contributed by atoms with van der Waals surface area (Å²) < 4.78 is 22.7. The van der Waals surface area contributed by atoms with E-state index < -0.39 is 10.0 Å². The Morgan fingerprint density at radius 3 is 2.29 bits per heavy atom. The normalized spacial score (nSPS) is 14.6. The molecule has 0 atom stereocenters. The average molecular weight is 391 g/mol. The minimum absolute atomic E-state index is 0.0298. The Bertz CT molecular complexity index is 1190. The smallest absolute Gasteiger partial charge is 0.257 e. The minimum atomic E-state index is -3.74. The molecule has 0 saturated carbocycles. The van der Waals surface area contributed by atoms with E-state index in [0.717, 1.165) is 22.4 Å². The van der Waals surface area contributed by atoms with Gasteiger partial charge in [-0.25, -0.2) is 13.6 Å². The van der Waals surface area contributed by atoms with E-state index in [4.69, 9.17) is 5.14 Å². The van der Waals surface area contributed by atoms with Crippen molar-refractivity contribution in [2.75, 3.05) is 10.6 Å². The summed E-state index contributed by atoms with van der Waals surface area (Å²) in [6, 6.07) is 21.7. The van der Waals surface area contributed by atoms with Crippen LogP contribution in [0.5, 0.6) is 0 Å². The third-order valence-corrected chi connectivity index (χ3v) is 5.40. The first-order valence-corrected chi connectivity index (χ1v) is 10.1. The second-order valence-electron chi connectivity index (χ2n) is 6.35. The highest BCUT2D eigenvalue weighted by atomic mass is 32.2. The molecule has 0 radical (unpaired) electrons. The van der Waals surface area contributed by atoms with Crippen LogP contribution in [0.4, 0.5) is 11.4 Å². The second kappa shape index (κ2) is 6.95. The number of primary sulfonamides is 1. The van der Waals surface area contributed by atoms with Crippen LogP contribution in [0.25, 0.3) is 16.7 Å². The monoisotopic (exact) mass is 391 g/mol. The highest BCUT2D eigenvalue weighted by Gasteiger charge is 2.24. The third kappa shape index (κ3) is 3.53. The number of carbonyl (C=O) groups is 1. The zero-order chi connectivity index (χ0) is 19.7. The number of nitrogens with two attached hydrogens (primary N) is 1. The zero-order valence-corrected chi connectivity index (χ0v) is 15.5. The van der Waals surface area contributed by atoms with E-state index in [0.29, 0.717) is 11.3 Å². The first-order chi connectivity index (χ1) is 13.4. The maximum Gasteiger partial charge on any atom is 0.257 e. The summed E-state index contributed by atoms with van der Waals surface area (Å²) in [5.41, 5.74) is 4.78. The first-order valence-electron chi connectivity index (χ1n) is 8.52. The lowest BCUT2D eigenvalue weighted by Crippen LogP contribution is -2.11. The molecule has 28 heavy (non-hydrogen) atoms. The summed E-state index contributed by atoms with van der Waals surface area (Å²) in [6.45, 7) is 0. The molecule has 0 aromatic heterocycles. The van der Waals surface area contributed by atoms with Crippen LogP contribution in [-0.4, -0.2) is 14.3 Å². The number of anilines is 2. The molecule has 0 unspecified atom stereocenters. The van der Waals surface area contributed by atoms with E-state index in [1.807, 2.05) is 48.5 Å². The molecule has 0 fully saturated rings.